The number of carbonyl (C=O) groups is 1. The van der Waals surface area contributed by atoms with Gasteiger partial charge in [0, 0.05) is 25.3 Å². The fourth-order valence-corrected chi connectivity index (χ4v) is 4.56. The topological polar surface area (TPSA) is 61.4 Å². The van der Waals surface area contributed by atoms with Crippen molar-refractivity contribution in [3.05, 3.63) is 18.6 Å². The van der Waals surface area contributed by atoms with E-state index in [1.165, 1.54) is 19.3 Å². The van der Waals surface area contributed by atoms with Gasteiger partial charge in [0.1, 0.15) is 12.1 Å². The summed E-state index contributed by atoms with van der Waals surface area (Å²) in [7, 11) is 0. The van der Waals surface area contributed by atoms with E-state index < -0.39 is 0 Å². The van der Waals surface area contributed by atoms with Crippen LogP contribution >= 0.6 is 0 Å². The molecule has 3 heterocycles. The van der Waals surface area contributed by atoms with Gasteiger partial charge in [-0.2, -0.15) is 0 Å². The Morgan fingerprint density at radius 1 is 1.25 bits per heavy atom. The molecule has 24 heavy (non-hydrogen) atoms. The third kappa shape index (κ3) is 3.38. The maximum atomic E-state index is 12.6. The summed E-state index contributed by atoms with van der Waals surface area (Å²) in [5.74, 6) is 1.24. The van der Waals surface area contributed by atoms with E-state index in [1.54, 1.807) is 12.5 Å². The number of rotatable bonds is 4. The average molecular weight is 329 g/mol. The molecule has 6 nitrogen and oxygen atoms in total. The predicted molar refractivity (Wildman–Crippen MR) is 92.6 cm³/mol. The number of nitrogens with one attached hydrogen (secondary N) is 1. The van der Waals surface area contributed by atoms with Crippen LogP contribution in [0.1, 0.15) is 38.5 Å². The first kappa shape index (κ1) is 15.8. The first-order valence-electron chi connectivity index (χ1n) is 9.25. The molecule has 0 unspecified atom stereocenters. The van der Waals surface area contributed by atoms with E-state index in [9.17, 15) is 4.79 Å². The van der Waals surface area contributed by atoms with Crippen molar-refractivity contribution >= 4 is 11.7 Å². The van der Waals surface area contributed by atoms with Crippen LogP contribution < -0.4 is 5.32 Å². The van der Waals surface area contributed by atoms with Crippen LogP contribution in [0.2, 0.25) is 0 Å². The molecule has 0 radical (unpaired) electrons. The Hall–Kier alpha value is -1.69. The summed E-state index contributed by atoms with van der Waals surface area (Å²) in [6.07, 6.45) is 10.6. The van der Waals surface area contributed by atoms with Crippen LogP contribution in [-0.4, -0.2) is 64.4 Å². The van der Waals surface area contributed by atoms with E-state index in [2.05, 4.69) is 25.1 Å². The predicted octanol–water partition coefficient (Wildman–Crippen LogP) is 1.76. The summed E-state index contributed by atoms with van der Waals surface area (Å²) in [5, 5.41) is 3.48. The van der Waals surface area contributed by atoms with E-state index >= 15 is 0 Å². The molecule has 1 aromatic heterocycles. The molecule has 2 aliphatic heterocycles. The summed E-state index contributed by atoms with van der Waals surface area (Å²) >= 11 is 0. The lowest BCUT2D eigenvalue weighted by Gasteiger charge is -2.45. The summed E-state index contributed by atoms with van der Waals surface area (Å²) in [6.45, 7) is 4.69. The largest absolute Gasteiger partial charge is 0.367 e. The van der Waals surface area contributed by atoms with Gasteiger partial charge in [0.2, 0.25) is 5.91 Å². The second-order valence-corrected chi connectivity index (χ2v) is 7.75. The zero-order valence-corrected chi connectivity index (χ0v) is 14.3. The van der Waals surface area contributed by atoms with Gasteiger partial charge >= 0.3 is 0 Å². The molecule has 1 spiro atoms. The number of nitrogens with zero attached hydrogens (tertiary/aromatic N) is 4. The Morgan fingerprint density at radius 2 is 2.08 bits per heavy atom. The van der Waals surface area contributed by atoms with E-state index in [4.69, 9.17) is 0 Å². The summed E-state index contributed by atoms with van der Waals surface area (Å²) < 4.78 is 0. The molecule has 1 aromatic rings. The van der Waals surface area contributed by atoms with Gasteiger partial charge in [-0.05, 0) is 56.7 Å². The van der Waals surface area contributed by atoms with Crippen molar-refractivity contribution in [1.82, 2.24) is 19.8 Å². The highest BCUT2D eigenvalue weighted by molar-refractivity contribution is 5.78. The van der Waals surface area contributed by atoms with E-state index in [0.29, 0.717) is 23.9 Å². The minimum atomic E-state index is 0.334. The molecule has 1 saturated carbocycles. The molecule has 1 N–H and O–H groups in total. The Morgan fingerprint density at radius 3 is 2.83 bits per heavy atom. The SMILES string of the molecule is O=C(CN1CCCCC1)N1CCC2(CC(Nc3ccncn3)C2)C1. The van der Waals surface area contributed by atoms with Gasteiger partial charge in [-0.1, -0.05) is 6.42 Å². The normalized spacial score (nSPS) is 30.3. The van der Waals surface area contributed by atoms with Crippen LogP contribution in [0, 0.1) is 5.41 Å². The maximum Gasteiger partial charge on any atom is 0.236 e. The number of hydrogen-bond acceptors (Lipinski definition) is 5. The zero-order valence-electron chi connectivity index (χ0n) is 14.3. The summed E-state index contributed by atoms with van der Waals surface area (Å²) in [6, 6.07) is 2.39. The molecule has 4 rings (SSSR count). The second-order valence-electron chi connectivity index (χ2n) is 7.75. The van der Waals surface area contributed by atoms with Crippen LogP contribution in [0.3, 0.4) is 0 Å². The van der Waals surface area contributed by atoms with Gasteiger partial charge in [0.05, 0.1) is 6.54 Å². The maximum absolute atomic E-state index is 12.6. The van der Waals surface area contributed by atoms with Crippen molar-refractivity contribution in [2.45, 2.75) is 44.6 Å². The standard InChI is InChI=1S/C18H27N5O/c24-17(12-22-7-2-1-3-8-22)23-9-5-18(13-23)10-15(11-18)21-16-4-6-19-14-20-16/h4,6,14-15H,1-3,5,7-13H2,(H,19,20,21). The van der Waals surface area contributed by atoms with E-state index in [-0.39, 0.29) is 0 Å². The van der Waals surface area contributed by atoms with Crippen molar-refractivity contribution in [3.8, 4) is 0 Å². The van der Waals surface area contributed by atoms with Crippen molar-refractivity contribution in [1.29, 1.82) is 0 Å². The molecule has 1 aliphatic carbocycles. The highest BCUT2D eigenvalue weighted by Crippen LogP contribution is 2.49. The molecule has 2 saturated heterocycles. The Labute approximate surface area is 143 Å². The monoisotopic (exact) mass is 329 g/mol. The van der Waals surface area contributed by atoms with E-state index in [0.717, 1.165) is 51.3 Å². The molecule has 0 bridgehead atoms. The number of piperidine rings is 1. The first-order valence-corrected chi connectivity index (χ1v) is 9.25. The highest BCUT2D eigenvalue weighted by atomic mass is 16.2. The number of amides is 1. The molecule has 3 fully saturated rings. The van der Waals surface area contributed by atoms with Crippen LogP contribution in [-0.2, 0) is 4.79 Å². The average Bonchev–Trinajstić information content (AvgIpc) is 3.02. The van der Waals surface area contributed by atoms with Gasteiger partial charge in [0.25, 0.3) is 0 Å². The fourth-order valence-electron chi connectivity index (χ4n) is 4.56. The number of carbonyl (C=O) groups excluding carboxylic acids is 1. The number of hydrogen-bond donors (Lipinski definition) is 1. The Kier molecular flexibility index (Phi) is 4.39. The quantitative estimate of drug-likeness (QED) is 0.912. The Balaban J connectivity index is 1.24. The fraction of sp³-hybridized carbons (Fsp3) is 0.722. The van der Waals surface area contributed by atoms with Gasteiger partial charge in [-0.25, -0.2) is 9.97 Å². The van der Waals surface area contributed by atoms with E-state index in [1.807, 2.05) is 6.07 Å². The van der Waals surface area contributed by atoms with Crippen molar-refractivity contribution in [3.63, 3.8) is 0 Å². The summed E-state index contributed by atoms with van der Waals surface area (Å²) in [5.41, 5.74) is 0.349. The minimum Gasteiger partial charge on any atom is -0.367 e. The molecular formula is C18H27N5O. The number of anilines is 1. The molecular weight excluding hydrogens is 302 g/mol. The van der Waals surface area contributed by atoms with Crippen molar-refractivity contribution in [2.75, 3.05) is 38.0 Å². The lowest BCUT2D eigenvalue weighted by Crippen LogP contribution is -2.48. The van der Waals surface area contributed by atoms with Crippen LogP contribution in [0.5, 0.6) is 0 Å². The Bertz CT molecular complexity index is 566. The lowest BCUT2D eigenvalue weighted by atomic mass is 9.65. The molecule has 6 heteroatoms. The van der Waals surface area contributed by atoms with Gasteiger partial charge < -0.3 is 10.2 Å². The molecule has 3 aliphatic rings. The molecule has 1 amide bonds. The first-order chi connectivity index (χ1) is 11.7. The van der Waals surface area contributed by atoms with Crippen LogP contribution in [0.4, 0.5) is 5.82 Å². The van der Waals surface area contributed by atoms with Gasteiger partial charge in [0.15, 0.2) is 0 Å². The van der Waals surface area contributed by atoms with Gasteiger partial charge in [-0.3, -0.25) is 9.69 Å². The molecule has 0 aromatic carbocycles. The molecule has 0 atom stereocenters. The van der Waals surface area contributed by atoms with Crippen molar-refractivity contribution in [2.24, 2.45) is 5.41 Å². The van der Waals surface area contributed by atoms with Crippen LogP contribution in [0.25, 0.3) is 0 Å². The third-order valence-corrected chi connectivity index (χ3v) is 5.89. The zero-order chi connectivity index (χ0) is 16.4. The third-order valence-electron chi connectivity index (χ3n) is 5.89. The number of aromatic nitrogens is 2. The second kappa shape index (κ2) is 6.67. The number of likely N-dealkylation sites (tertiary alicyclic amines) is 2. The van der Waals surface area contributed by atoms with Crippen LogP contribution in [0.15, 0.2) is 18.6 Å². The highest BCUT2D eigenvalue weighted by Gasteiger charge is 2.49. The summed E-state index contributed by atoms with van der Waals surface area (Å²) in [4.78, 5) is 25.2. The van der Waals surface area contributed by atoms with Gasteiger partial charge in [-0.15, -0.1) is 0 Å². The van der Waals surface area contributed by atoms with Crippen molar-refractivity contribution < 1.29 is 4.79 Å². The smallest absolute Gasteiger partial charge is 0.236 e. The minimum absolute atomic E-state index is 0.334. The lowest BCUT2D eigenvalue weighted by molar-refractivity contribution is -0.132. The molecule has 130 valence electrons.